The van der Waals surface area contributed by atoms with E-state index in [1.54, 1.807) is 18.2 Å². The Labute approximate surface area is 151 Å². The van der Waals surface area contributed by atoms with Crippen LogP contribution in [0.5, 0.6) is 11.5 Å². The van der Waals surface area contributed by atoms with Crippen molar-refractivity contribution in [2.24, 2.45) is 0 Å². The average Bonchev–Trinajstić information content (AvgIpc) is 2.59. The number of hydrogen-bond acceptors (Lipinski definition) is 4. The highest BCUT2D eigenvalue weighted by molar-refractivity contribution is 6.31. The molecule has 5 nitrogen and oxygen atoms in total. The highest BCUT2D eigenvalue weighted by Gasteiger charge is 2.09. The van der Waals surface area contributed by atoms with E-state index in [4.69, 9.17) is 21.1 Å². The molecule has 0 fully saturated rings. The third-order valence-corrected chi connectivity index (χ3v) is 3.49. The van der Waals surface area contributed by atoms with Gasteiger partial charge in [-0.2, -0.15) is 0 Å². The molecule has 0 saturated carbocycles. The smallest absolute Gasteiger partial charge is 0.243 e. The van der Waals surface area contributed by atoms with Crippen molar-refractivity contribution in [3.8, 4) is 11.5 Å². The molecule has 7 heteroatoms. The Morgan fingerprint density at radius 2 is 1.72 bits per heavy atom. The van der Waals surface area contributed by atoms with Crippen molar-refractivity contribution in [3.63, 3.8) is 0 Å². The quantitative estimate of drug-likeness (QED) is 0.730. The first-order valence-corrected chi connectivity index (χ1v) is 8.29. The van der Waals surface area contributed by atoms with E-state index in [1.165, 1.54) is 18.2 Å². The second kappa shape index (κ2) is 9.13. The van der Waals surface area contributed by atoms with Gasteiger partial charge < -0.3 is 20.1 Å². The topological polar surface area (TPSA) is 59.6 Å². The third-order valence-electron chi connectivity index (χ3n) is 3.20. The van der Waals surface area contributed by atoms with E-state index >= 15 is 0 Å². The van der Waals surface area contributed by atoms with Gasteiger partial charge in [0.05, 0.1) is 24.8 Å². The van der Waals surface area contributed by atoms with Crippen LogP contribution in [0.1, 0.15) is 13.8 Å². The Kier molecular flexibility index (Phi) is 6.89. The summed E-state index contributed by atoms with van der Waals surface area (Å²) in [5, 5.41) is 5.65. The van der Waals surface area contributed by atoms with E-state index in [2.05, 4.69) is 10.6 Å². The molecule has 134 valence electrons. The molecule has 0 aliphatic rings. The van der Waals surface area contributed by atoms with Gasteiger partial charge in [0.1, 0.15) is 5.82 Å². The molecule has 2 rings (SSSR count). The number of nitrogens with one attached hydrogen (secondary N) is 2. The summed E-state index contributed by atoms with van der Waals surface area (Å²) >= 11 is 5.71. The van der Waals surface area contributed by atoms with E-state index < -0.39 is 5.82 Å². The lowest BCUT2D eigenvalue weighted by Crippen LogP contribution is -2.21. The number of rotatable bonds is 8. The van der Waals surface area contributed by atoms with Crippen molar-refractivity contribution >= 4 is 28.9 Å². The van der Waals surface area contributed by atoms with Gasteiger partial charge in [-0.3, -0.25) is 4.79 Å². The Hall–Kier alpha value is -2.47. The average molecular weight is 367 g/mol. The molecule has 0 radical (unpaired) electrons. The molecule has 25 heavy (non-hydrogen) atoms. The van der Waals surface area contributed by atoms with Crippen LogP contribution < -0.4 is 20.1 Å². The molecule has 0 aliphatic carbocycles. The summed E-state index contributed by atoms with van der Waals surface area (Å²) in [7, 11) is 0. The van der Waals surface area contributed by atoms with E-state index in [1.807, 2.05) is 13.8 Å². The molecule has 0 atom stereocenters. The highest BCUT2D eigenvalue weighted by atomic mass is 35.5. The number of halogens is 2. The lowest BCUT2D eigenvalue weighted by Gasteiger charge is -2.13. The van der Waals surface area contributed by atoms with Crippen molar-refractivity contribution in [2.75, 3.05) is 30.4 Å². The van der Waals surface area contributed by atoms with Gasteiger partial charge in [0.2, 0.25) is 5.91 Å². The van der Waals surface area contributed by atoms with Crippen LogP contribution in [0.2, 0.25) is 5.02 Å². The Balaban J connectivity index is 1.97. The fourth-order valence-electron chi connectivity index (χ4n) is 2.12. The highest BCUT2D eigenvalue weighted by Crippen LogP contribution is 2.30. The van der Waals surface area contributed by atoms with Gasteiger partial charge in [-0.1, -0.05) is 11.6 Å². The third kappa shape index (κ3) is 5.53. The van der Waals surface area contributed by atoms with Gasteiger partial charge >= 0.3 is 0 Å². The summed E-state index contributed by atoms with van der Waals surface area (Å²) in [6, 6.07) is 9.37. The molecule has 0 aliphatic heterocycles. The van der Waals surface area contributed by atoms with E-state index in [0.717, 1.165) is 0 Å². The summed E-state index contributed by atoms with van der Waals surface area (Å²) in [4.78, 5) is 12.1. The number of carbonyl (C=O) groups is 1. The molecule has 0 bridgehead atoms. The first kappa shape index (κ1) is 18.9. The zero-order valence-corrected chi connectivity index (χ0v) is 14.8. The molecule has 2 aromatic carbocycles. The van der Waals surface area contributed by atoms with Crippen molar-refractivity contribution in [1.82, 2.24) is 0 Å². The van der Waals surface area contributed by atoms with Crippen LogP contribution in [-0.2, 0) is 4.79 Å². The van der Waals surface area contributed by atoms with Gasteiger partial charge in [-0.15, -0.1) is 0 Å². The largest absolute Gasteiger partial charge is 0.490 e. The standard InChI is InChI=1S/C18H20ClFN2O3/c1-3-24-16-8-6-13(10-17(16)25-4-2)22-18(23)11-21-12-5-7-15(20)14(19)9-12/h5-10,21H,3-4,11H2,1-2H3,(H,22,23). The Bertz CT molecular complexity index is 740. The Morgan fingerprint density at radius 3 is 2.40 bits per heavy atom. The number of benzene rings is 2. The van der Waals surface area contributed by atoms with Crippen LogP contribution in [0.3, 0.4) is 0 Å². The second-order valence-corrected chi connectivity index (χ2v) is 5.47. The van der Waals surface area contributed by atoms with Crippen molar-refractivity contribution in [3.05, 3.63) is 47.2 Å². The molecule has 0 spiro atoms. The monoisotopic (exact) mass is 366 g/mol. The molecule has 1 amide bonds. The molecule has 0 saturated heterocycles. The van der Waals surface area contributed by atoms with Crippen LogP contribution in [0, 0.1) is 5.82 Å². The molecule has 0 aromatic heterocycles. The SMILES string of the molecule is CCOc1ccc(NC(=O)CNc2ccc(F)c(Cl)c2)cc1OCC. The van der Waals surface area contributed by atoms with Gasteiger partial charge in [0.25, 0.3) is 0 Å². The number of amides is 1. The zero-order valence-electron chi connectivity index (χ0n) is 14.1. The van der Waals surface area contributed by atoms with Crippen molar-refractivity contribution < 1.29 is 18.7 Å². The minimum atomic E-state index is -0.505. The van der Waals surface area contributed by atoms with E-state index in [9.17, 15) is 9.18 Å². The number of ether oxygens (including phenoxy) is 2. The lowest BCUT2D eigenvalue weighted by molar-refractivity contribution is -0.114. The predicted molar refractivity (Wildman–Crippen MR) is 97.3 cm³/mol. The summed E-state index contributed by atoms with van der Waals surface area (Å²) in [6.07, 6.45) is 0. The van der Waals surface area contributed by atoms with Crippen LogP contribution in [-0.4, -0.2) is 25.7 Å². The summed E-state index contributed by atoms with van der Waals surface area (Å²) in [6.45, 7) is 4.79. The molecular formula is C18H20ClFN2O3. The first-order chi connectivity index (χ1) is 12.0. The maximum Gasteiger partial charge on any atom is 0.243 e. The van der Waals surface area contributed by atoms with Crippen molar-refractivity contribution in [1.29, 1.82) is 0 Å². The fraction of sp³-hybridized carbons (Fsp3) is 0.278. The number of hydrogen-bond donors (Lipinski definition) is 2. The van der Waals surface area contributed by atoms with Gasteiger partial charge in [-0.05, 0) is 44.2 Å². The van der Waals surface area contributed by atoms with Gasteiger partial charge in [0, 0.05) is 17.4 Å². The van der Waals surface area contributed by atoms with Crippen LogP contribution in [0.15, 0.2) is 36.4 Å². The molecule has 2 N–H and O–H groups in total. The van der Waals surface area contributed by atoms with Gasteiger partial charge in [0.15, 0.2) is 11.5 Å². The lowest BCUT2D eigenvalue weighted by atomic mass is 10.2. The minimum Gasteiger partial charge on any atom is -0.490 e. The molecule has 2 aromatic rings. The van der Waals surface area contributed by atoms with Gasteiger partial charge in [-0.25, -0.2) is 4.39 Å². The zero-order chi connectivity index (χ0) is 18.2. The molecular weight excluding hydrogens is 347 g/mol. The maximum atomic E-state index is 13.1. The Morgan fingerprint density at radius 1 is 1.04 bits per heavy atom. The first-order valence-electron chi connectivity index (χ1n) is 7.92. The normalized spacial score (nSPS) is 10.2. The maximum absolute atomic E-state index is 13.1. The van der Waals surface area contributed by atoms with E-state index in [0.29, 0.717) is 36.1 Å². The van der Waals surface area contributed by atoms with E-state index in [-0.39, 0.29) is 17.5 Å². The molecule has 0 unspecified atom stereocenters. The second-order valence-electron chi connectivity index (χ2n) is 5.06. The summed E-state index contributed by atoms with van der Waals surface area (Å²) in [5.74, 6) is 0.434. The van der Waals surface area contributed by atoms with Crippen LogP contribution in [0.25, 0.3) is 0 Å². The summed E-state index contributed by atoms with van der Waals surface area (Å²) in [5.41, 5.74) is 1.15. The fourth-order valence-corrected chi connectivity index (χ4v) is 2.30. The minimum absolute atomic E-state index is 0.00160. The predicted octanol–water partition coefficient (Wildman–Crippen LogP) is 4.33. The van der Waals surface area contributed by atoms with Crippen molar-refractivity contribution in [2.45, 2.75) is 13.8 Å². The van der Waals surface area contributed by atoms with Crippen LogP contribution >= 0.6 is 11.6 Å². The number of anilines is 2. The number of carbonyl (C=O) groups excluding carboxylic acids is 1. The van der Waals surface area contributed by atoms with Crippen LogP contribution in [0.4, 0.5) is 15.8 Å². The summed E-state index contributed by atoms with van der Waals surface area (Å²) < 4.78 is 24.1. The molecule has 0 heterocycles.